The molecule has 0 amide bonds. The van der Waals surface area contributed by atoms with Crippen molar-refractivity contribution in [1.29, 1.82) is 0 Å². The second kappa shape index (κ2) is 8.05. The Morgan fingerprint density at radius 1 is 1.29 bits per heavy atom. The average molecular weight is 381 g/mol. The van der Waals surface area contributed by atoms with Crippen LogP contribution < -0.4 is 10.3 Å². The molecule has 2 heterocycles. The van der Waals surface area contributed by atoms with E-state index in [0.29, 0.717) is 18.2 Å². The van der Waals surface area contributed by atoms with Crippen LogP contribution in [0.3, 0.4) is 0 Å². The summed E-state index contributed by atoms with van der Waals surface area (Å²) >= 11 is 8.89. The molecule has 2 aromatic heterocycles. The first-order chi connectivity index (χ1) is 11.7. The molecule has 24 heavy (non-hydrogen) atoms. The summed E-state index contributed by atoms with van der Waals surface area (Å²) in [6.07, 6.45) is 0.870. The standard InChI is InChI=1S/C17H17ClN2O2S2/c1-2-20-16(21)15-14(8-11-23-15)19-17(20)24-10-3-9-22-13-6-4-12(18)5-7-13/h4-8,11H,2-3,9-10H2,1H3. The molecule has 0 aliphatic heterocycles. The Labute approximate surface area is 153 Å². The average Bonchev–Trinajstić information content (AvgIpc) is 3.05. The molecule has 4 nitrogen and oxygen atoms in total. The number of nitrogens with zero attached hydrogens (tertiary/aromatic N) is 2. The number of aromatic nitrogens is 2. The highest BCUT2D eigenvalue weighted by molar-refractivity contribution is 7.99. The van der Waals surface area contributed by atoms with Crippen LogP contribution in [0.1, 0.15) is 13.3 Å². The Morgan fingerprint density at radius 3 is 2.83 bits per heavy atom. The zero-order chi connectivity index (χ0) is 16.9. The van der Waals surface area contributed by atoms with Gasteiger partial charge >= 0.3 is 0 Å². The quantitative estimate of drug-likeness (QED) is 0.339. The Bertz CT molecular complexity index is 874. The van der Waals surface area contributed by atoms with Crippen LogP contribution in [0.4, 0.5) is 0 Å². The molecule has 0 atom stereocenters. The smallest absolute Gasteiger partial charge is 0.272 e. The van der Waals surface area contributed by atoms with E-state index in [4.69, 9.17) is 16.3 Å². The largest absolute Gasteiger partial charge is 0.494 e. The molecule has 0 saturated heterocycles. The minimum absolute atomic E-state index is 0.0532. The first-order valence-electron chi connectivity index (χ1n) is 7.68. The fourth-order valence-corrected chi connectivity index (χ4v) is 4.14. The summed E-state index contributed by atoms with van der Waals surface area (Å²) in [6, 6.07) is 9.23. The maximum Gasteiger partial charge on any atom is 0.272 e. The number of rotatable bonds is 7. The fourth-order valence-electron chi connectivity index (χ4n) is 2.26. The van der Waals surface area contributed by atoms with Crippen LogP contribution in [0.5, 0.6) is 5.75 Å². The third-order valence-corrected chi connectivity index (χ3v) is 5.66. The van der Waals surface area contributed by atoms with Gasteiger partial charge in [0, 0.05) is 17.3 Å². The van der Waals surface area contributed by atoms with Crippen LogP contribution in [0.25, 0.3) is 10.2 Å². The van der Waals surface area contributed by atoms with E-state index < -0.39 is 0 Å². The summed E-state index contributed by atoms with van der Waals surface area (Å²) in [6.45, 7) is 3.21. The van der Waals surface area contributed by atoms with Crippen molar-refractivity contribution in [2.24, 2.45) is 0 Å². The minimum atomic E-state index is 0.0532. The van der Waals surface area contributed by atoms with Gasteiger partial charge in [-0.2, -0.15) is 0 Å². The summed E-state index contributed by atoms with van der Waals surface area (Å²) in [7, 11) is 0. The number of fused-ring (bicyclic) bond motifs is 1. The molecule has 7 heteroatoms. The molecule has 126 valence electrons. The third-order valence-electron chi connectivity index (χ3n) is 3.45. The molecule has 0 aliphatic rings. The minimum Gasteiger partial charge on any atom is -0.494 e. The molecule has 3 aromatic rings. The molecule has 3 rings (SSSR count). The van der Waals surface area contributed by atoms with Gasteiger partial charge in [-0.05, 0) is 49.1 Å². The van der Waals surface area contributed by atoms with Gasteiger partial charge in [0.2, 0.25) is 0 Å². The Kier molecular flexibility index (Phi) is 5.81. The number of thiophene rings is 1. The van der Waals surface area contributed by atoms with Gasteiger partial charge in [0.1, 0.15) is 10.4 Å². The van der Waals surface area contributed by atoms with Gasteiger partial charge in [0.15, 0.2) is 5.16 Å². The van der Waals surface area contributed by atoms with E-state index in [0.717, 1.165) is 33.3 Å². The van der Waals surface area contributed by atoms with Crippen LogP contribution in [-0.4, -0.2) is 21.9 Å². The van der Waals surface area contributed by atoms with Gasteiger partial charge in [-0.15, -0.1) is 11.3 Å². The van der Waals surface area contributed by atoms with Crippen molar-refractivity contribution in [2.75, 3.05) is 12.4 Å². The SMILES string of the molecule is CCn1c(SCCCOc2ccc(Cl)cc2)nc2ccsc2c1=O. The van der Waals surface area contributed by atoms with E-state index in [1.807, 2.05) is 42.6 Å². The molecule has 0 bridgehead atoms. The summed E-state index contributed by atoms with van der Waals surface area (Å²) in [5, 5.41) is 3.39. The molecule has 0 spiro atoms. The van der Waals surface area contributed by atoms with Gasteiger partial charge in [-0.25, -0.2) is 4.98 Å². The molecule has 0 fully saturated rings. The highest BCUT2D eigenvalue weighted by Crippen LogP contribution is 2.21. The number of ether oxygens (including phenoxy) is 1. The van der Waals surface area contributed by atoms with Gasteiger partial charge in [0.25, 0.3) is 5.56 Å². The van der Waals surface area contributed by atoms with E-state index in [-0.39, 0.29) is 5.56 Å². The molecule has 1 aromatic carbocycles. The molecule has 0 unspecified atom stereocenters. The number of hydrogen-bond acceptors (Lipinski definition) is 5. The molecule has 0 aliphatic carbocycles. The number of thioether (sulfide) groups is 1. The van der Waals surface area contributed by atoms with Gasteiger partial charge in [-0.3, -0.25) is 9.36 Å². The predicted octanol–water partition coefficient (Wildman–Crippen LogP) is 4.69. The van der Waals surface area contributed by atoms with E-state index in [2.05, 4.69) is 4.98 Å². The Balaban J connectivity index is 1.57. The van der Waals surface area contributed by atoms with Crippen molar-refractivity contribution in [3.8, 4) is 5.75 Å². The van der Waals surface area contributed by atoms with Crippen LogP contribution in [0.2, 0.25) is 5.02 Å². The lowest BCUT2D eigenvalue weighted by Gasteiger charge is -2.10. The summed E-state index contributed by atoms with van der Waals surface area (Å²) in [4.78, 5) is 17.0. The van der Waals surface area contributed by atoms with E-state index in [1.165, 1.54) is 11.3 Å². The summed E-state index contributed by atoms with van der Waals surface area (Å²) < 4.78 is 8.15. The molecule has 0 radical (unpaired) electrons. The normalized spacial score (nSPS) is 11.1. The molecule has 0 N–H and O–H groups in total. The van der Waals surface area contributed by atoms with Crippen LogP contribution in [0.15, 0.2) is 45.7 Å². The maximum atomic E-state index is 12.4. The lowest BCUT2D eigenvalue weighted by molar-refractivity contribution is 0.318. The third kappa shape index (κ3) is 3.94. The number of halogens is 1. The maximum absolute atomic E-state index is 12.4. The summed E-state index contributed by atoms with van der Waals surface area (Å²) in [5.74, 6) is 1.66. The van der Waals surface area contributed by atoms with Crippen LogP contribution in [-0.2, 0) is 6.54 Å². The first-order valence-corrected chi connectivity index (χ1v) is 9.92. The lowest BCUT2D eigenvalue weighted by atomic mass is 10.3. The molecule has 0 saturated carbocycles. The lowest BCUT2D eigenvalue weighted by Crippen LogP contribution is -2.21. The van der Waals surface area contributed by atoms with Gasteiger partial charge < -0.3 is 4.74 Å². The second-order valence-electron chi connectivity index (χ2n) is 5.08. The first kappa shape index (κ1) is 17.3. The Hall–Kier alpha value is -1.50. The van der Waals surface area contributed by atoms with E-state index in [9.17, 15) is 4.79 Å². The van der Waals surface area contributed by atoms with Crippen LogP contribution in [0, 0.1) is 0 Å². The van der Waals surface area contributed by atoms with Crippen molar-refractivity contribution in [3.05, 3.63) is 51.1 Å². The fraction of sp³-hybridized carbons (Fsp3) is 0.294. The van der Waals surface area contributed by atoms with Crippen LogP contribution >= 0.6 is 34.7 Å². The number of hydrogen-bond donors (Lipinski definition) is 0. The van der Waals surface area contributed by atoms with Gasteiger partial charge in [-0.1, -0.05) is 23.4 Å². The number of benzene rings is 1. The topological polar surface area (TPSA) is 44.1 Å². The van der Waals surface area contributed by atoms with Crippen molar-refractivity contribution < 1.29 is 4.74 Å². The zero-order valence-electron chi connectivity index (χ0n) is 13.2. The Morgan fingerprint density at radius 2 is 2.08 bits per heavy atom. The highest BCUT2D eigenvalue weighted by Gasteiger charge is 2.11. The highest BCUT2D eigenvalue weighted by atomic mass is 35.5. The summed E-state index contributed by atoms with van der Waals surface area (Å²) in [5.41, 5.74) is 0.840. The second-order valence-corrected chi connectivity index (χ2v) is 7.50. The van der Waals surface area contributed by atoms with E-state index in [1.54, 1.807) is 16.3 Å². The van der Waals surface area contributed by atoms with Crippen molar-refractivity contribution in [2.45, 2.75) is 25.0 Å². The van der Waals surface area contributed by atoms with E-state index >= 15 is 0 Å². The van der Waals surface area contributed by atoms with Crippen molar-refractivity contribution in [1.82, 2.24) is 9.55 Å². The van der Waals surface area contributed by atoms with Gasteiger partial charge in [0.05, 0.1) is 12.1 Å². The molecular formula is C17H17ClN2O2S2. The molecular weight excluding hydrogens is 364 g/mol. The zero-order valence-corrected chi connectivity index (χ0v) is 15.6. The monoisotopic (exact) mass is 380 g/mol. The van der Waals surface area contributed by atoms with Crippen molar-refractivity contribution >= 4 is 44.9 Å². The predicted molar refractivity (Wildman–Crippen MR) is 102 cm³/mol. The van der Waals surface area contributed by atoms with Crippen molar-refractivity contribution in [3.63, 3.8) is 0 Å².